The van der Waals surface area contributed by atoms with Crippen LogP contribution in [-0.4, -0.2) is 11.7 Å². The summed E-state index contributed by atoms with van der Waals surface area (Å²) >= 11 is 1.89. The Bertz CT molecular complexity index is 1630. The molecule has 0 aliphatic carbocycles. The summed E-state index contributed by atoms with van der Waals surface area (Å²) in [6, 6.07) is 28.0. The fourth-order valence-electron chi connectivity index (χ4n) is 3.90. The van der Waals surface area contributed by atoms with Crippen molar-refractivity contribution in [2.75, 3.05) is 5.32 Å². The summed E-state index contributed by atoms with van der Waals surface area (Å²) in [6.45, 7) is 0.761. The van der Waals surface area contributed by atoms with E-state index in [9.17, 15) is 10.9 Å². The molecule has 4 N–H and O–H groups in total. The van der Waals surface area contributed by atoms with E-state index in [1.807, 2.05) is 54.6 Å². The summed E-state index contributed by atoms with van der Waals surface area (Å²) in [5.74, 6) is 0.499. The fraction of sp³-hybridized carbons (Fsp3) is 0.0714. The molecule has 0 radical (unpaired) electrons. The number of amidine groups is 1. The van der Waals surface area contributed by atoms with Crippen LogP contribution >= 0.6 is 55.3 Å². The molecule has 39 heavy (non-hydrogen) atoms. The SMILES string of the molecule is NI(=O)(I=O)c1ccc(CNC(=O)c2ccc3c(c2)NC(=NCc2ccc(Cl)cc2)c2ccccc2S3)cc1. The maximum atomic E-state index is 13.0. The molecule has 7 nitrogen and oxygen atoms in total. The molecule has 0 bridgehead atoms. The van der Waals surface area contributed by atoms with Crippen molar-refractivity contribution in [2.45, 2.75) is 22.9 Å². The summed E-state index contributed by atoms with van der Waals surface area (Å²) in [5, 5.41) is 7.06. The van der Waals surface area contributed by atoms with Gasteiger partial charge < -0.3 is 0 Å². The normalized spacial score (nSPS) is 15.7. The van der Waals surface area contributed by atoms with Crippen LogP contribution in [0.1, 0.15) is 27.0 Å². The van der Waals surface area contributed by atoms with Crippen molar-refractivity contribution in [3.05, 3.63) is 122 Å². The molecule has 0 saturated carbocycles. The van der Waals surface area contributed by atoms with Crippen molar-refractivity contribution in [3.8, 4) is 0 Å². The minimum atomic E-state index is -4.00. The molecule has 1 aliphatic rings. The molecule has 4 aromatic rings. The van der Waals surface area contributed by atoms with Crippen LogP contribution in [0.3, 0.4) is 0 Å². The second kappa shape index (κ2) is 12.3. The number of carbonyl (C=O) groups is 1. The van der Waals surface area contributed by atoms with Gasteiger partial charge >= 0.3 is 155 Å². The minimum absolute atomic E-state index is 0.227. The number of carbonyl (C=O) groups excluding carboxylic acids is 1. The molecular weight excluding hydrogens is 762 g/mol. The zero-order valence-electron chi connectivity index (χ0n) is 20.4. The summed E-state index contributed by atoms with van der Waals surface area (Å²) in [4.78, 5) is 19.9. The number of nitrogens with one attached hydrogen (secondary N) is 2. The Hall–Kier alpha value is -2.52. The molecule has 4 aromatic carbocycles. The van der Waals surface area contributed by atoms with Crippen LogP contribution in [0.5, 0.6) is 0 Å². The van der Waals surface area contributed by atoms with E-state index in [0.717, 1.165) is 38.0 Å². The van der Waals surface area contributed by atoms with E-state index >= 15 is 0 Å². The molecule has 11 heteroatoms. The Balaban J connectivity index is 1.34. The van der Waals surface area contributed by atoms with Crippen LogP contribution in [0, 0.1) is 3.57 Å². The Labute approximate surface area is 245 Å². The van der Waals surface area contributed by atoms with Gasteiger partial charge in [-0.1, -0.05) is 41.9 Å². The Kier molecular flexibility index (Phi) is 8.86. The average molecular weight is 785 g/mol. The molecule has 5 rings (SSSR count). The van der Waals surface area contributed by atoms with Gasteiger partial charge in [0.15, 0.2) is 0 Å². The second-order valence-corrected chi connectivity index (χ2v) is 24.8. The zero-order chi connectivity index (χ0) is 27.4. The van der Waals surface area contributed by atoms with Crippen LogP contribution in [0.2, 0.25) is 5.02 Å². The third kappa shape index (κ3) is 6.80. The number of rotatable bonds is 7. The third-order valence-corrected chi connectivity index (χ3v) is 16.7. The number of fused-ring (bicyclic) bond motifs is 2. The van der Waals surface area contributed by atoms with Crippen LogP contribution in [-0.2, 0) is 19.2 Å². The Morgan fingerprint density at radius 2 is 1.69 bits per heavy atom. The van der Waals surface area contributed by atoms with Gasteiger partial charge in [0.05, 0.1) is 6.54 Å². The molecule has 1 amide bonds. The fourth-order valence-corrected chi connectivity index (χ4v) is 9.68. The predicted molar refractivity (Wildman–Crippen MR) is 172 cm³/mol. The van der Waals surface area contributed by atoms with E-state index in [4.69, 9.17) is 20.5 Å². The van der Waals surface area contributed by atoms with E-state index < -0.39 is 31.9 Å². The zero-order valence-corrected chi connectivity index (χ0v) is 26.3. The molecule has 0 saturated heterocycles. The van der Waals surface area contributed by atoms with E-state index in [1.54, 1.807) is 42.1 Å². The van der Waals surface area contributed by atoms with Gasteiger partial charge in [0.1, 0.15) is 0 Å². The van der Waals surface area contributed by atoms with Crippen molar-refractivity contribution < 1.29 is 10.9 Å². The molecule has 1 aliphatic heterocycles. The van der Waals surface area contributed by atoms with Crippen molar-refractivity contribution >= 4 is 72.7 Å². The van der Waals surface area contributed by atoms with Gasteiger partial charge in [0, 0.05) is 15.5 Å². The standard InChI is InChI=1S/C28H23ClI2N4O3S/c29-21-10-5-18(6-11-21)16-33-27-23-3-1-2-4-25(23)39-26-14-9-20(15-24(26)35-27)28(36)34-17-19-7-12-22(13-8-19)31(32,38)30-37/h1-15H,16-17H2,(H2,32,38)(H,33,35)(H,34,36). The predicted octanol–water partition coefficient (Wildman–Crippen LogP) is 7.46. The number of hydrogen-bond donors (Lipinski definition) is 3. The Morgan fingerprint density at radius 1 is 0.974 bits per heavy atom. The third-order valence-electron chi connectivity index (χ3n) is 5.94. The number of nitrogens with zero attached hydrogens (tertiary/aromatic N) is 1. The van der Waals surface area contributed by atoms with Gasteiger partial charge in [-0.2, -0.15) is 0 Å². The van der Waals surface area contributed by atoms with E-state index in [-0.39, 0.29) is 12.5 Å². The number of amides is 1. The van der Waals surface area contributed by atoms with E-state index in [0.29, 0.717) is 20.7 Å². The number of benzene rings is 4. The number of anilines is 1. The molecule has 0 fully saturated rings. The molecular formula is C28H23ClI2N4O3S. The quantitative estimate of drug-likeness (QED) is 0.133. The van der Waals surface area contributed by atoms with Gasteiger partial charge in [0.25, 0.3) is 0 Å². The first-order valence-electron chi connectivity index (χ1n) is 11.7. The summed E-state index contributed by atoms with van der Waals surface area (Å²) in [6.07, 6.45) is 0. The van der Waals surface area contributed by atoms with Gasteiger partial charge in [-0.3, -0.25) is 4.99 Å². The number of aliphatic imine (C=N–C) groups is 1. The average Bonchev–Trinajstić information content (AvgIpc) is 3.12. The van der Waals surface area contributed by atoms with Crippen molar-refractivity contribution in [1.82, 2.24) is 5.32 Å². The number of halogens is 3. The summed E-state index contributed by atoms with van der Waals surface area (Å²) in [7, 11) is 0. The molecule has 1 heterocycles. The molecule has 0 spiro atoms. The van der Waals surface area contributed by atoms with Gasteiger partial charge in [-0.15, -0.1) is 0 Å². The van der Waals surface area contributed by atoms with E-state index in [1.165, 1.54) is 0 Å². The monoisotopic (exact) mass is 784 g/mol. The van der Waals surface area contributed by atoms with Crippen molar-refractivity contribution in [1.29, 1.82) is 0 Å². The van der Waals surface area contributed by atoms with Crippen LogP contribution in [0.25, 0.3) is 0 Å². The van der Waals surface area contributed by atoms with Crippen molar-refractivity contribution in [2.24, 2.45) is 8.94 Å². The Morgan fingerprint density at radius 3 is 2.44 bits per heavy atom. The van der Waals surface area contributed by atoms with Gasteiger partial charge in [0.2, 0.25) is 0 Å². The van der Waals surface area contributed by atoms with Crippen LogP contribution in [0.4, 0.5) is 5.69 Å². The first kappa shape index (κ1) is 28.0. The van der Waals surface area contributed by atoms with Crippen LogP contribution < -0.4 is 14.6 Å². The number of hydrogen-bond acceptors (Lipinski definition) is 5. The topological polar surface area (TPSA) is 114 Å². The maximum absolute atomic E-state index is 13.0. The molecule has 0 aromatic heterocycles. The van der Waals surface area contributed by atoms with Crippen molar-refractivity contribution in [3.63, 3.8) is 0 Å². The van der Waals surface area contributed by atoms with Gasteiger partial charge in [-0.05, 0) is 23.8 Å². The second-order valence-electron chi connectivity index (χ2n) is 8.58. The van der Waals surface area contributed by atoms with E-state index in [2.05, 4.69) is 16.7 Å². The van der Waals surface area contributed by atoms with Crippen LogP contribution in [0.15, 0.2) is 106 Å². The first-order chi connectivity index (χ1) is 18.8. The summed E-state index contributed by atoms with van der Waals surface area (Å²) < 4.78 is 29.6. The summed E-state index contributed by atoms with van der Waals surface area (Å²) in [5.41, 5.74) is 4.15. The van der Waals surface area contributed by atoms with Gasteiger partial charge in [-0.25, -0.2) is 0 Å². The number of nitrogens with two attached hydrogens (primary N) is 1. The molecule has 200 valence electrons. The first-order valence-corrected chi connectivity index (χ1v) is 23.3. The molecule has 1 unspecified atom stereocenters. The molecule has 1 atom stereocenters.